The van der Waals surface area contributed by atoms with Gasteiger partial charge in [-0.25, -0.2) is 4.70 Å². The summed E-state index contributed by atoms with van der Waals surface area (Å²) in [5.74, 6) is 0. The molecule has 1 heterocycles. The summed E-state index contributed by atoms with van der Waals surface area (Å²) >= 11 is 0. The smallest absolute Gasteiger partial charge is 0.493 e. The number of hydrogen-bond donors (Lipinski definition) is 0. The summed E-state index contributed by atoms with van der Waals surface area (Å²) in [6.07, 6.45) is 9.70. The Labute approximate surface area is 210 Å². The number of hydrogen-bond acceptors (Lipinski definition) is 0. The summed E-state index contributed by atoms with van der Waals surface area (Å²) in [7, 11) is 0. The van der Waals surface area contributed by atoms with E-state index < -0.39 is 0 Å². The molecule has 0 saturated carbocycles. The molecule has 32 heavy (non-hydrogen) atoms. The Kier molecular flexibility index (Phi) is 13.2. The predicted octanol–water partition coefficient (Wildman–Crippen LogP) is 8.65. The van der Waals surface area contributed by atoms with Crippen molar-refractivity contribution < 1.29 is 25.1 Å². The van der Waals surface area contributed by atoms with E-state index in [0.29, 0.717) is 0 Å². The Hall–Kier alpha value is -2.08. The van der Waals surface area contributed by atoms with Crippen LogP contribution in [0.1, 0.15) is 69.2 Å². The third-order valence-corrected chi connectivity index (χ3v) is 5.59. The van der Waals surface area contributed by atoms with Gasteiger partial charge in [0.1, 0.15) is 0 Å². The van der Waals surface area contributed by atoms with E-state index in [1.807, 2.05) is 0 Å². The monoisotopic (exact) mass is 520 g/mol. The molecule has 0 spiro atoms. The van der Waals surface area contributed by atoms with Crippen molar-refractivity contribution in [1.29, 1.82) is 0 Å². The number of allylic oxidation sites excluding steroid dienone is 4. The van der Waals surface area contributed by atoms with E-state index >= 15 is 0 Å². The molecule has 0 amide bonds. The van der Waals surface area contributed by atoms with Gasteiger partial charge in [-0.3, -0.25) is 0 Å². The van der Waals surface area contributed by atoms with Crippen LogP contribution in [0.2, 0.25) is 0 Å². The van der Waals surface area contributed by atoms with Gasteiger partial charge in [-0.05, 0) is 68.0 Å². The molecule has 0 saturated heterocycles. The minimum Gasteiger partial charge on any atom is -0.493 e. The number of nitrogens with zero attached hydrogens (tertiary/aromatic N) is 2. The molecule has 0 aromatic heterocycles. The number of benzene rings is 2. The predicted molar refractivity (Wildman–Crippen MR) is 136 cm³/mol. The van der Waals surface area contributed by atoms with Gasteiger partial charge < -0.3 is 20.4 Å². The molecule has 2 aromatic carbocycles. The van der Waals surface area contributed by atoms with Gasteiger partial charge in [-0.2, -0.15) is 0 Å². The molecule has 1 aliphatic heterocycles. The topological polar surface area (TPSA) is 25.3 Å². The van der Waals surface area contributed by atoms with Gasteiger partial charge in [-0.15, -0.1) is 0 Å². The Morgan fingerprint density at radius 1 is 0.875 bits per heavy atom. The second kappa shape index (κ2) is 14.1. The number of unbranched alkanes of at least 4 members (excludes halogenated alkanes) is 1. The van der Waals surface area contributed by atoms with E-state index in [9.17, 15) is 5.53 Å². The minimum atomic E-state index is 0. The molecule has 0 N–H and O–H groups in total. The normalized spacial score (nSPS) is 13.2. The van der Waals surface area contributed by atoms with Gasteiger partial charge in [0.2, 0.25) is 11.4 Å². The van der Waals surface area contributed by atoms with Gasteiger partial charge in [0.25, 0.3) is 0 Å². The largest absolute Gasteiger partial charge is 2.00 e. The average molecular weight is 521 g/mol. The molecule has 0 unspecified atom stereocenters. The second-order valence-electron chi connectivity index (χ2n) is 7.72. The van der Waals surface area contributed by atoms with Crippen LogP contribution in [0.5, 0.6) is 0 Å². The molecule has 0 radical (unpaired) electrons. The van der Waals surface area contributed by atoms with Crippen LogP contribution in [0.4, 0.5) is 0 Å². The zero-order valence-electron chi connectivity index (χ0n) is 20.5. The maximum atomic E-state index is 11.3. The van der Waals surface area contributed by atoms with E-state index in [0.717, 1.165) is 52.9 Å². The molecule has 1 aliphatic rings. The van der Waals surface area contributed by atoms with Crippen LogP contribution < -0.4 is 0 Å². The van der Waals surface area contributed by atoms with Crippen LogP contribution in [0.15, 0.2) is 71.8 Å². The van der Waals surface area contributed by atoms with Crippen molar-refractivity contribution in [3.63, 3.8) is 0 Å². The quantitative estimate of drug-likeness (QED) is 0.189. The Morgan fingerprint density at radius 2 is 1.47 bits per heavy atom. The van der Waals surface area contributed by atoms with Crippen molar-refractivity contribution in [2.45, 2.75) is 59.8 Å². The standard InChI is InChI=1S/C27H32N2.2CH3.Pd/c1-5-8-12-22-14-11-16-24(19-22)27-25(17-9-6-2)20(4)26(29(27)28)23-15-10-13-21(7-3)18-23;;;/h9-11,13-19H,5-8,12H2,1-4H3;2*1H3;/q;2*-1;+2. The van der Waals surface area contributed by atoms with Gasteiger partial charge in [-0.1, -0.05) is 63.6 Å². The zero-order chi connectivity index (χ0) is 20.8. The molecule has 0 atom stereocenters. The maximum absolute atomic E-state index is 11.3. The van der Waals surface area contributed by atoms with Crippen molar-refractivity contribution in [1.82, 2.24) is 0 Å². The van der Waals surface area contributed by atoms with Gasteiger partial charge in [0, 0.05) is 16.7 Å². The van der Waals surface area contributed by atoms with Crippen LogP contribution in [0.25, 0.3) is 16.9 Å². The molecule has 0 bridgehead atoms. The first-order valence-electron chi connectivity index (χ1n) is 10.9. The fourth-order valence-electron chi connectivity index (χ4n) is 3.94. The molecular weight excluding hydrogens is 483 g/mol. The van der Waals surface area contributed by atoms with Crippen LogP contribution in [0, 0.1) is 14.9 Å². The van der Waals surface area contributed by atoms with Gasteiger partial charge in [0.15, 0.2) is 0 Å². The first kappa shape index (κ1) is 29.9. The molecule has 0 fully saturated rings. The van der Waals surface area contributed by atoms with E-state index in [1.54, 1.807) is 0 Å². The molecule has 2 nitrogen and oxygen atoms in total. The second-order valence-corrected chi connectivity index (χ2v) is 7.72. The minimum absolute atomic E-state index is 0. The molecule has 3 rings (SSSR count). The summed E-state index contributed by atoms with van der Waals surface area (Å²) in [5.41, 5.74) is 20.0. The SMILES string of the molecule is CCC=CC1=C(c2cccc(CCCC)c2)[N+](=[N-])C(c2cccc(CC)c2)=C1C.[CH3-].[CH3-].[Pd+2]. The molecular formula is C29H38N2Pd. The molecule has 0 aliphatic carbocycles. The summed E-state index contributed by atoms with van der Waals surface area (Å²) in [6, 6.07) is 17.1. The fourth-order valence-corrected chi connectivity index (χ4v) is 3.94. The van der Waals surface area contributed by atoms with E-state index in [2.05, 4.69) is 88.4 Å². The van der Waals surface area contributed by atoms with Crippen molar-refractivity contribution in [3.05, 3.63) is 114 Å². The van der Waals surface area contributed by atoms with Crippen LogP contribution in [0.3, 0.4) is 0 Å². The Balaban J connectivity index is 0.00000320. The average Bonchev–Trinajstić information content (AvgIpc) is 3.00. The Bertz CT molecular complexity index is 996. The zero-order valence-corrected chi connectivity index (χ0v) is 22.1. The van der Waals surface area contributed by atoms with Crippen molar-refractivity contribution >= 4 is 11.4 Å². The van der Waals surface area contributed by atoms with Crippen molar-refractivity contribution in [3.8, 4) is 0 Å². The molecule has 174 valence electrons. The third kappa shape index (κ3) is 6.47. The van der Waals surface area contributed by atoms with Gasteiger partial charge in [0.05, 0.1) is 5.57 Å². The number of aryl methyl sites for hydroxylation is 2. The summed E-state index contributed by atoms with van der Waals surface area (Å²) in [6.45, 7) is 8.63. The van der Waals surface area contributed by atoms with Crippen molar-refractivity contribution in [2.75, 3.05) is 0 Å². The Morgan fingerprint density at radius 3 is 2.06 bits per heavy atom. The summed E-state index contributed by atoms with van der Waals surface area (Å²) in [4.78, 5) is 0. The first-order valence-corrected chi connectivity index (χ1v) is 10.9. The van der Waals surface area contributed by atoms with E-state index in [4.69, 9.17) is 0 Å². The summed E-state index contributed by atoms with van der Waals surface area (Å²) in [5, 5.41) is 0. The van der Waals surface area contributed by atoms with E-state index in [-0.39, 0.29) is 35.3 Å². The fraction of sp³-hybridized carbons (Fsp3) is 0.310. The third-order valence-electron chi connectivity index (χ3n) is 5.59. The number of rotatable bonds is 8. The summed E-state index contributed by atoms with van der Waals surface area (Å²) < 4.78 is 1.40. The van der Waals surface area contributed by atoms with Crippen LogP contribution >= 0.6 is 0 Å². The molecule has 3 heteroatoms. The maximum Gasteiger partial charge on any atom is 2.00 e. The van der Waals surface area contributed by atoms with Gasteiger partial charge >= 0.3 is 20.4 Å². The van der Waals surface area contributed by atoms with Crippen LogP contribution in [-0.4, -0.2) is 4.70 Å². The van der Waals surface area contributed by atoms with Crippen LogP contribution in [-0.2, 0) is 33.3 Å². The first-order chi connectivity index (χ1) is 14.1. The van der Waals surface area contributed by atoms with Crippen molar-refractivity contribution in [2.24, 2.45) is 0 Å². The van der Waals surface area contributed by atoms with E-state index in [1.165, 1.54) is 28.7 Å². The molecule has 2 aromatic rings.